The van der Waals surface area contributed by atoms with Crippen molar-refractivity contribution in [2.45, 2.75) is 38.3 Å². The number of rotatable bonds is 5. The second kappa shape index (κ2) is 7.32. The molecule has 1 aliphatic heterocycles. The fourth-order valence-corrected chi connectivity index (χ4v) is 3.24. The van der Waals surface area contributed by atoms with Gasteiger partial charge in [-0.15, -0.1) is 0 Å². The van der Waals surface area contributed by atoms with E-state index in [4.69, 9.17) is 4.74 Å². The van der Waals surface area contributed by atoms with Gasteiger partial charge >= 0.3 is 0 Å². The Bertz CT molecular complexity index is 522. The number of benzene rings is 1. The molecule has 128 valence electrons. The monoisotopic (exact) mass is 320 g/mol. The Labute approximate surface area is 138 Å². The number of hydrogen-bond acceptors (Lipinski definition) is 4. The molecule has 2 rings (SSSR count). The lowest BCUT2D eigenvalue weighted by Crippen LogP contribution is -2.47. The molecule has 1 amide bonds. The van der Waals surface area contributed by atoms with Crippen molar-refractivity contribution in [3.8, 4) is 5.75 Å². The van der Waals surface area contributed by atoms with Crippen molar-refractivity contribution in [2.24, 2.45) is 5.92 Å². The highest BCUT2D eigenvalue weighted by atomic mass is 16.5. The molecule has 1 aliphatic rings. The summed E-state index contributed by atoms with van der Waals surface area (Å²) in [7, 11) is 3.79. The molecule has 1 saturated heterocycles. The zero-order chi connectivity index (χ0) is 17.0. The van der Waals surface area contributed by atoms with Crippen molar-refractivity contribution in [1.29, 1.82) is 0 Å². The lowest BCUT2D eigenvalue weighted by atomic mass is 9.84. The average molecular weight is 320 g/mol. The zero-order valence-corrected chi connectivity index (χ0v) is 14.5. The lowest BCUT2D eigenvalue weighted by Gasteiger charge is -2.40. The number of hydrogen-bond donors (Lipinski definition) is 2. The Morgan fingerprint density at radius 1 is 1.39 bits per heavy atom. The summed E-state index contributed by atoms with van der Waals surface area (Å²) in [6, 6.07) is 8.40. The Hall–Kier alpha value is -1.59. The quantitative estimate of drug-likeness (QED) is 0.871. The average Bonchev–Trinajstić information content (AvgIpc) is 2.52. The molecule has 0 unspecified atom stereocenters. The van der Waals surface area contributed by atoms with Gasteiger partial charge < -0.3 is 15.2 Å². The van der Waals surface area contributed by atoms with Crippen molar-refractivity contribution >= 4 is 5.91 Å². The van der Waals surface area contributed by atoms with E-state index < -0.39 is 5.60 Å². The number of piperidine rings is 1. The van der Waals surface area contributed by atoms with Crippen LogP contribution in [-0.2, 0) is 4.79 Å². The summed E-state index contributed by atoms with van der Waals surface area (Å²) >= 11 is 0. The van der Waals surface area contributed by atoms with Gasteiger partial charge in [0.25, 0.3) is 5.91 Å². The summed E-state index contributed by atoms with van der Waals surface area (Å²) in [5.41, 5.74) is -0.105. The van der Waals surface area contributed by atoms with E-state index in [1.807, 2.05) is 12.1 Å². The highest BCUT2D eigenvalue weighted by Gasteiger charge is 2.32. The number of methoxy groups -OCH3 is 1. The van der Waals surface area contributed by atoms with Crippen LogP contribution in [0.2, 0.25) is 0 Å². The van der Waals surface area contributed by atoms with E-state index in [1.54, 1.807) is 7.11 Å². The summed E-state index contributed by atoms with van der Waals surface area (Å²) < 4.78 is 5.23. The zero-order valence-electron chi connectivity index (χ0n) is 14.5. The van der Waals surface area contributed by atoms with Crippen molar-refractivity contribution in [3.63, 3.8) is 0 Å². The van der Waals surface area contributed by atoms with Gasteiger partial charge in [0, 0.05) is 12.6 Å². The van der Waals surface area contributed by atoms with Gasteiger partial charge in [-0.1, -0.05) is 12.1 Å². The second-order valence-corrected chi connectivity index (χ2v) is 6.87. The molecule has 1 aromatic rings. The maximum absolute atomic E-state index is 11.9. The number of carbonyl (C=O) groups is 1. The molecule has 0 saturated carbocycles. The molecular formula is C18H28N2O3. The first kappa shape index (κ1) is 17.8. The summed E-state index contributed by atoms with van der Waals surface area (Å²) in [6.45, 7) is 4.64. The fourth-order valence-electron chi connectivity index (χ4n) is 3.24. The SMILES string of the molecule is COc1ccc([C@@H]2[C@@H](CNC(=O)C(C)(C)O)CCCN2C)cc1. The fraction of sp³-hybridized carbons (Fsp3) is 0.611. The van der Waals surface area contributed by atoms with Crippen LogP contribution in [0.5, 0.6) is 5.75 Å². The van der Waals surface area contributed by atoms with E-state index >= 15 is 0 Å². The van der Waals surface area contributed by atoms with Gasteiger partial charge in [0.2, 0.25) is 0 Å². The summed E-state index contributed by atoms with van der Waals surface area (Å²) in [6.07, 6.45) is 2.18. The molecule has 23 heavy (non-hydrogen) atoms. The summed E-state index contributed by atoms with van der Waals surface area (Å²) in [4.78, 5) is 14.3. The molecule has 1 heterocycles. The Morgan fingerprint density at radius 2 is 2.04 bits per heavy atom. The van der Waals surface area contributed by atoms with Crippen LogP contribution in [0.3, 0.4) is 0 Å². The molecule has 1 fully saturated rings. The first-order chi connectivity index (χ1) is 10.8. The van der Waals surface area contributed by atoms with Gasteiger partial charge in [0.1, 0.15) is 11.4 Å². The molecule has 0 bridgehead atoms. The van der Waals surface area contributed by atoms with Gasteiger partial charge in [0.05, 0.1) is 7.11 Å². The number of amides is 1. The van der Waals surface area contributed by atoms with E-state index in [0.29, 0.717) is 12.5 Å². The van der Waals surface area contributed by atoms with Crippen LogP contribution in [0.4, 0.5) is 0 Å². The van der Waals surface area contributed by atoms with Crippen LogP contribution >= 0.6 is 0 Å². The molecule has 5 nitrogen and oxygen atoms in total. The van der Waals surface area contributed by atoms with Crippen molar-refractivity contribution < 1.29 is 14.6 Å². The number of carbonyl (C=O) groups excluding carboxylic acids is 1. The van der Waals surface area contributed by atoms with Gasteiger partial charge in [0.15, 0.2) is 0 Å². The summed E-state index contributed by atoms with van der Waals surface area (Å²) in [5, 5.41) is 12.7. The van der Waals surface area contributed by atoms with Crippen LogP contribution in [0, 0.1) is 5.92 Å². The molecule has 0 radical (unpaired) electrons. The Morgan fingerprint density at radius 3 is 2.61 bits per heavy atom. The van der Waals surface area contributed by atoms with Crippen LogP contribution in [0.1, 0.15) is 38.3 Å². The molecule has 2 atom stereocenters. The minimum Gasteiger partial charge on any atom is -0.497 e. The van der Waals surface area contributed by atoms with Crippen molar-refractivity contribution in [3.05, 3.63) is 29.8 Å². The number of nitrogens with zero attached hydrogens (tertiary/aromatic N) is 1. The van der Waals surface area contributed by atoms with Crippen molar-refractivity contribution in [1.82, 2.24) is 10.2 Å². The standard InChI is InChI=1S/C18H28N2O3/c1-18(2,22)17(21)19-12-14-6-5-11-20(3)16(14)13-7-9-15(23-4)10-8-13/h7-10,14,16,22H,5-6,11-12H2,1-4H3,(H,19,21)/t14-,16-/m1/s1. The van der Waals surface area contributed by atoms with Crippen LogP contribution < -0.4 is 10.1 Å². The van der Waals surface area contributed by atoms with E-state index in [1.165, 1.54) is 19.4 Å². The third kappa shape index (κ3) is 4.45. The highest BCUT2D eigenvalue weighted by molar-refractivity contribution is 5.83. The minimum atomic E-state index is -1.34. The van der Waals surface area contributed by atoms with Gasteiger partial charge in [-0.25, -0.2) is 0 Å². The molecule has 0 spiro atoms. The molecule has 1 aromatic carbocycles. The third-order valence-electron chi connectivity index (χ3n) is 4.54. The number of aliphatic hydroxyl groups is 1. The molecule has 2 N–H and O–H groups in total. The largest absolute Gasteiger partial charge is 0.497 e. The highest BCUT2D eigenvalue weighted by Crippen LogP contribution is 2.35. The lowest BCUT2D eigenvalue weighted by molar-refractivity contribution is -0.136. The normalized spacial score (nSPS) is 22.7. The number of likely N-dealkylation sites (tertiary alicyclic amines) is 1. The maximum atomic E-state index is 11.9. The van der Waals surface area contributed by atoms with Gasteiger partial charge in [-0.3, -0.25) is 9.69 Å². The van der Waals surface area contributed by atoms with E-state index in [2.05, 4.69) is 29.4 Å². The van der Waals surface area contributed by atoms with Crippen LogP contribution in [-0.4, -0.2) is 48.8 Å². The first-order valence-electron chi connectivity index (χ1n) is 8.18. The van der Waals surface area contributed by atoms with E-state index in [9.17, 15) is 9.90 Å². The predicted octanol–water partition coefficient (Wildman–Crippen LogP) is 1.97. The van der Waals surface area contributed by atoms with Crippen molar-refractivity contribution in [2.75, 3.05) is 27.2 Å². The van der Waals surface area contributed by atoms with Gasteiger partial charge in [-0.2, -0.15) is 0 Å². The third-order valence-corrected chi connectivity index (χ3v) is 4.54. The topological polar surface area (TPSA) is 61.8 Å². The second-order valence-electron chi connectivity index (χ2n) is 6.87. The molecule has 0 aromatic heterocycles. The minimum absolute atomic E-state index is 0.261. The smallest absolute Gasteiger partial charge is 0.251 e. The van der Waals surface area contributed by atoms with Gasteiger partial charge in [-0.05, 0) is 63.9 Å². The predicted molar refractivity (Wildman–Crippen MR) is 90.4 cm³/mol. The Balaban J connectivity index is 2.10. The Kier molecular flexibility index (Phi) is 5.65. The first-order valence-corrected chi connectivity index (χ1v) is 8.18. The van der Waals surface area contributed by atoms with E-state index in [-0.39, 0.29) is 11.9 Å². The van der Waals surface area contributed by atoms with Crippen LogP contribution in [0.25, 0.3) is 0 Å². The molecular weight excluding hydrogens is 292 g/mol. The number of ether oxygens (including phenoxy) is 1. The molecule has 0 aliphatic carbocycles. The number of nitrogens with one attached hydrogen (secondary N) is 1. The maximum Gasteiger partial charge on any atom is 0.251 e. The molecule has 5 heteroatoms. The van der Waals surface area contributed by atoms with Crippen LogP contribution in [0.15, 0.2) is 24.3 Å². The summed E-state index contributed by atoms with van der Waals surface area (Å²) in [5.74, 6) is 0.853. The van der Waals surface area contributed by atoms with E-state index in [0.717, 1.165) is 25.1 Å².